The summed E-state index contributed by atoms with van der Waals surface area (Å²) in [6.45, 7) is 3.25. The van der Waals surface area contributed by atoms with Gasteiger partial charge in [0.25, 0.3) is 0 Å². The number of halogens is 1. The van der Waals surface area contributed by atoms with E-state index in [1.54, 1.807) is 18.2 Å². The van der Waals surface area contributed by atoms with Crippen molar-refractivity contribution in [3.05, 3.63) is 40.4 Å². The summed E-state index contributed by atoms with van der Waals surface area (Å²) in [5.74, 6) is 1.46. The Morgan fingerprint density at radius 3 is 3.00 bits per heavy atom. The van der Waals surface area contributed by atoms with Gasteiger partial charge in [0.2, 0.25) is 0 Å². The number of nitrogens with zero attached hydrogens (tertiary/aromatic N) is 3. The number of aryl methyl sites for hydroxylation is 1. The first kappa shape index (κ1) is 13.7. The first-order chi connectivity index (χ1) is 9.24. The van der Waals surface area contributed by atoms with Crippen LogP contribution in [0.15, 0.2) is 29.0 Å². The van der Waals surface area contributed by atoms with Gasteiger partial charge in [0.15, 0.2) is 5.82 Å². The molecule has 6 heteroatoms. The second-order valence-electron chi connectivity index (χ2n) is 4.00. The van der Waals surface area contributed by atoms with E-state index in [1.807, 2.05) is 4.68 Å². The van der Waals surface area contributed by atoms with E-state index in [-0.39, 0.29) is 0 Å². The Hall–Kier alpha value is -1.69. The van der Waals surface area contributed by atoms with Gasteiger partial charge in [-0.15, -0.1) is 0 Å². The molecule has 0 unspecified atom stereocenters. The van der Waals surface area contributed by atoms with Crippen molar-refractivity contribution in [1.82, 2.24) is 14.8 Å². The second-order valence-corrected chi connectivity index (χ2v) is 4.85. The minimum atomic E-state index is 0.346. The normalized spacial score (nSPS) is 10.4. The molecule has 0 aliphatic heterocycles. The van der Waals surface area contributed by atoms with Gasteiger partial charge in [-0.25, -0.2) is 9.67 Å². The number of ether oxygens (including phenoxy) is 1. The fraction of sp³-hybridized carbons (Fsp3) is 0.308. The highest BCUT2D eigenvalue weighted by atomic mass is 79.9. The lowest BCUT2D eigenvalue weighted by molar-refractivity contribution is 0.112. The van der Waals surface area contributed by atoms with Gasteiger partial charge in [-0.05, 0) is 40.5 Å². The number of carbonyl (C=O) groups is 1. The van der Waals surface area contributed by atoms with Crippen molar-refractivity contribution in [2.45, 2.75) is 26.5 Å². The van der Waals surface area contributed by atoms with Crippen molar-refractivity contribution in [1.29, 1.82) is 0 Å². The van der Waals surface area contributed by atoms with Gasteiger partial charge in [-0.2, -0.15) is 5.10 Å². The Balaban J connectivity index is 2.06. The van der Waals surface area contributed by atoms with E-state index in [1.165, 1.54) is 6.33 Å². The predicted octanol–water partition coefficient (Wildman–Crippen LogP) is 2.84. The number of hydrogen-bond acceptors (Lipinski definition) is 4. The first-order valence-corrected chi connectivity index (χ1v) is 6.78. The molecule has 1 aromatic carbocycles. The van der Waals surface area contributed by atoms with Crippen LogP contribution in [0.25, 0.3) is 0 Å². The minimum absolute atomic E-state index is 0.346. The second kappa shape index (κ2) is 6.47. The van der Waals surface area contributed by atoms with Crippen molar-refractivity contribution >= 4 is 22.2 Å². The Bertz CT molecular complexity index is 569. The van der Waals surface area contributed by atoms with E-state index in [9.17, 15) is 4.79 Å². The third-order valence-corrected chi connectivity index (χ3v) is 3.20. The molecule has 0 N–H and O–H groups in total. The van der Waals surface area contributed by atoms with Gasteiger partial charge >= 0.3 is 0 Å². The Morgan fingerprint density at radius 2 is 2.32 bits per heavy atom. The van der Waals surface area contributed by atoms with Crippen LogP contribution in [0.2, 0.25) is 0 Å². The molecule has 5 nitrogen and oxygen atoms in total. The number of hydrogen-bond donors (Lipinski definition) is 0. The maximum absolute atomic E-state index is 10.6. The molecule has 0 radical (unpaired) electrons. The highest BCUT2D eigenvalue weighted by molar-refractivity contribution is 9.10. The van der Waals surface area contributed by atoms with E-state index in [4.69, 9.17) is 4.74 Å². The standard InChI is InChI=1S/C13H14BrN3O2/c1-2-5-17-13(15-9-16-17)8-19-12-4-3-10(7-18)6-11(12)14/h3-4,6-7,9H,2,5,8H2,1H3. The quantitative estimate of drug-likeness (QED) is 0.767. The Morgan fingerprint density at radius 1 is 1.47 bits per heavy atom. The summed E-state index contributed by atoms with van der Waals surface area (Å²) in [4.78, 5) is 14.8. The lowest BCUT2D eigenvalue weighted by Gasteiger charge is -2.09. The van der Waals surface area contributed by atoms with Crippen molar-refractivity contribution in [2.75, 3.05) is 0 Å². The third-order valence-electron chi connectivity index (χ3n) is 2.58. The van der Waals surface area contributed by atoms with Gasteiger partial charge in [-0.1, -0.05) is 6.92 Å². The zero-order valence-electron chi connectivity index (χ0n) is 10.5. The van der Waals surface area contributed by atoms with Gasteiger partial charge in [0, 0.05) is 12.1 Å². The molecule has 0 aliphatic carbocycles. The molecule has 0 saturated heterocycles. The third kappa shape index (κ3) is 3.41. The van der Waals surface area contributed by atoms with Crippen LogP contribution >= 0.6 is 15.9 Å². The lowest BCUT2D eigenvalue weighted by Crippen LogP contribution is -2.08. The van der Waals surface area contributed by atoms with Gasteiger partial charge in [-0.3, -0.25) is 4.79 Å². The first-order valence-electron chi connectivity index (χ1n) is 5.98. The summed E-state index contributed by atoms with van der Waals surface area (Å²) in [5, 5.41) is 4.14. The lowest BCUT2D eigenvalue weighted by atomic mass is 10.2. The van der Waals surface area contributed by atoms with Crippen molar-refractivity contribution in [2.24, 2.45) is 0 Å². The van der Waals surface area contributed by atoms with Gasteiger partial charge < -0.3 is 4.74 Å². The number of aromatic nitrogens is 3. The summed E-state index contributed by atoms with van der Waals surface area (Å²) >= 11 is 3.37. The predicted molar refractivity (Wildman–Crippen MR) is 74.2 cm³/mol. The molecule has 0 spiro atoms. The average molecular weight is 324 g/mol. The van der Waals surface area contributed by atoms with Crippen LogP contribution < -0.4 is 4.74 Å². The molecule has 0 amide bonds. The van der Waals surface area contributed by atoms with E-state index >= 15 is 0 Å². The average Bonchev–Trinajstić information content (AvgIpc) is 2.85. The van der Waals surface area contributed by atoms with Crippen molar-refractivity contribution in [3.63, 3.8) is 0 Å². The van der Waals surface area contributed by atoms with E-state index in [0.717, 1.165) is 29.5 Å². The molecule has 2 rings (SSSR count). The zero-order valence-corrected chi connectivity index (χ0v) is 12.1. The maximum atomic E-state index is 10.6. The van der Waals surface area contributed by atoms with Crippen molar-refractivity contribution < 1.29 is 9.53 Å². The number of aldehydes is 1. The van der Waals surface area contributed by atoms with E-state index < -0.39 is 0 Å². The van der Waals surface area contributed by atoms with E-state index in [2.05, 4.69) is 32.9 Å². The summed E-state index contributed by atoms with van der Waals surface area (Å²) in [6.07, 6.45) is 3.32. The Kier molecular flexibility index (Phi) is 4.68. The smallest absolute Gasteiger partial charge is 0.164 e. The molecule has 0 bridgehead atoms. The summed E-state index contributed by atoms with van der Waals surface area (Å²) in [6, 6.07) is 5.19. The monoisotopic (exact) mass is 323 g/mol. The van der Waals surface area contributed by atoms with Crippen molar-refractivity contribution in [3.8, 4) is 5.75 Å². The fourth-order valence-electron chi connectivity index (χ4n) is 1.65. The molecule has 0 fully saturated rings. The molecular weight excluding hydrogens is 310 g/mol. The summed E-state index contributed by atoms with van der Waals surface area (Å²) in [7, 11) is 0. The van der Waals surface area contributed by atoms with Crippen LogP contribution in [0.4, 0.5) is 0 Å². The topological polar surface area (TPSA) is 57.0 Å². The summed E-state index contributed by atoms with van der Waals surface area (Å²) in [5.41, 5.74) is 0.605. The highest BCUT2D eigenvalue weighted by Crippen LogP contribution is 2.26. The molecule has 2 aromatic rings. The Labute approximate surface area is 119 Å². The number of carbonyl (C=O) groups excluding carboxylic acids is 1. The largest absolute Gasteiger partial charge is 0.484 e. The van der Waals surface area contributed by atoms with E-state index in [0.29, 0.717) is 17.9 Å². The number of benzene rings is 1. The molecule has 100 valence electrons. The van der Waals surface area contributed by atoms with Crippen LogP contribution in [0.1, 0.15) is 29.5 Å². The molecule has 0 aliphatic rings. The fourth-order valence-corrected chi connectivity index (χ4v) is 2.16. The molecule has 0 atom stereocenters. The highest BCUT2D eigenvalue weighted by Gasteiger charge is 2.07. The molecule has 1 heterocycles. The van der Waals surface area contributed by atoms with Crippen LogP contribution in [-0.4, -0.2) is 21.1 Å². The molecule has 1 aromatic heterocycles. The molecular formula is C13H14BrN3O2. The maximum Gasteiger partial charge on any atom is 0.164 e. The zero-order chi connectivity index (χ0) is 13.7. The summed E-state index contributed by atoms with van der Waals surface area (Å²) < 4.78 is 8.26. The van der Waals surface area contributed by atoms with Crippen LogP contribution in [0, 0.1) is 0 Å². The van der Waals surface area contributed by atoms with Crippen LogP contribution in [-0.2, 0) is 13.2 Å². The number of rotatable bonds is 6. The molecule has 19 heavy (non-hydrogen) atoms. The van der Waals surface area contributed by atoms with Gasteiger partial charge in [0.1, 0.15) is 25.0 Å². The van der Waals surface area contributed by atoms with Gasteiger partial charge in [0.05, 0.1) is 4.47 Å². The van der Waals surface area contributed by atoms with Crippen LogP contribution in [0.5, 0.6) is 5.75 Å². The minimum Gasteiger partial charge on any atom is -0.484 e. The van der Waals surface area contributed by atoms with Crippen LogP contribution in [0.3, 0.4) is 0 Å². The molecule has 0 saturated carbocycles. The SMILES string of the molecule is CCCn1ncnc1COc1ccc(C=O)cc1Br.